The number of H-pyrrole nitrogens is 1. The van der Waals surface area contributed by atoms with E-state index in [2.05, 4.69) is 80.6 Å². The maximum absolute atomic E-state index is 4.73. The average Bonchev–Trinajstić information content (AvgIpc) is 3.13. The van der Waals surface area contributed by atoms with Crippen molar-refractivity contribution < 1.29 is 0 Å². The summed E-state index contributed by atoms with van der Waals surface area (Å²) in [5, 5.41) is 0. The molecule has 0 aliphatic carbocycles. The monoisotopic (exact) mass is 383 g/mol. The van der Waals surface area contributed by atoms with Crippen LogP contribution in [0.2, 0.25) is 0 Å². The number of benzene rings is 2. The van der Waals surface area contributed by atoms with Crippen LogP contribution in [0.3, 0.4) is 0 Å². The van der Waals surface area contributed by atoms with Gasteiger partial charge in [-0.1, -0.05) is 63.8 Å². The Balaban J connectivity index is 1.90. The molecule has 0 unspecified atom stereocenters. The van der Waals surface area contributed by atoms with Gasteiger partial charge < -0.3 is 4.98 Å². The molecule has 29 heavy (non-hydrogen) atoms. The van der Waals surface area contributed by atoms with E-state index in [1.165, 1.54) is 11.1 Å². The summed E-state index contributed by atoms with van der Waals surface area (Å²) in [6.45, 7) is 14.4. The topological polar surface area (TPSA) is 41.0 Å². The minimum absolute atomic E-state index is 0.00107. The number of fused-ring (bicyclic) bond motifs is 1. The Labute approximate surface area is 173 Å². The van der Waals surface area contributed by atoms with Gasteiger partial charge in [0.2, 0.25) is 0 Å². The van der Waals surface area contributed by atoms with Gasteiger partial charge in [-0.2, -0.15) is 0 Å². The molecule has 1 N–H and O–H groups in total. The van der Waals surface area contributed by atoms with E-state index in [1.54, 1.807) is 6.08 Å². The van der Waals surface area contributed by atoms with E-state index >= 15 is 0 Å². The van der Waals surface area contributed by atoms with Crippen molar-refractivity contribution in [3.05, 3.63) is 84.2 Å². The fourth-order valence-corrected chi connectivity index (χ4v) is 3.04. The normalized spacial score (nSPS) is 13.1. The molecule has 2 aromatic carbocycles. The number of aryl methyl sites for hydroxylation is 1. The first kappa shape index (κ1) is 20.5. The Hall–Kier alpha value is -3.20. The minimum Gasteiger partial charge on any atom is -0.342 e. The first-order chi connectivity index (χ1) is 13.8. The average molecular weight is 384 g/mol. The van der Waals surface area contributed by atoms with Crippen LogP contribution in [0, 0.1) is 6.92 Å². The van der Waals surface area contributed by atoms with Crippen molar-refractivity contribution >= 4 is 22.9 Å². The molecule has 0 atom stereocenters. The molecule has 0 saturated heterocycles. The van der Waals surface area contributed by atoms with Crippen molar-refractivity contribution in [1.82, 2.24) is 9.97 Å². The molecule has 0 fully saturated rings. The van der Waals surface area contributed by atoms with Gasteiger partial charge in [0, 0.05) is 11.6 Å². The molecule has 1 heterocycles. The van der Waals surface area contributed by atoms with E-state index in [1.807, 2.05) is 31.4 Å². The molecule has 3 heteroatoms. The van der Waals surface area contributed by atoms with Crippen LogP contribution < -0.4 is 0 Å². The molecule has 0 radical (unpaired) electrons. The third-order valence-electron chi connectivity index (χ3n) is 4.79. The van der Waals surface area contributed by atoms with Crippen LogP contribution in [-0.2, 0) is 5.41 Å². The number of hydrogen-bond donors (Lipinski definition) is 1. The van der Waals surface area contributed by atoms with Gasteiger partial charge >= 0.3 is 0 Å². The number of rotatable bonds is 5. The van der Waals surface area contributed by atoms with Gasteiger partial charge in [0.1, 0.15) is 5.82 Å². The summed E-state index contributed by atoms with van der Waals surface area (Å²) in [7, 11) is 0. The molecular weight excluding hydrogens is 354 g/mol. The lowest BCUT2D eigenvalue weighted by Gasteiger charge is -2.13. The summed E-state index contributed by atoms with van der Waals surface area (Å²) >= 11 is 0. The second kappa shape index (κ2) is 8.44. The first-order valence-corrected chi connectivity index (χ1v) is 9.92. The fourth-order valence-electron chi connectivity index (χ4n) is 3.04. The number of aromatic amines is 1. The van der Waals surface area contributed by atoms with Gasteiger partial charge in [-0.3, -0.25) is 4.99 Å². The van der Waals surface area contributed by atoms with Crippen molar-refractivity contribution in [2.45, 2.75) is 40.0 Å². The molecule has 3 aromatic rings. The van der Waals surface area contributed by atoms with Gasteiger partial charge in [0.05, 0.1) is 16.7 Å². The molecule has 0 amide bonds. The zero-order valence-electron chi connectivity index (χ0n) is 18.0. The highest BCUT2D eigenvalue weighted by Crippen LogP contribution is 2.29. The molecule has 0 spiro atoms. The standard InChI is InChI=1S/C26H29N3/c1-7-9-10-19(8-2)17-27-22-13-11-20(15-18(22)3)21-12-14-23-24(16-21)29-25(28-23)26(4,5)6/h7-17H,2H2,1,3-6H3,(H,28,29)/b9-7-,19-10+,27-17?. The Morgan fingerprint density at radius 2 is 1.83 bits per heavy atom. The highest BCUT2D eigenvalue weighted by Gasteiger charge is 2.18. The number of aromatic nitrogens is 2. The predicted molar refractivity (Wildman–Crippen MR) is 126 cm³/mol. The van der Waals surface area contributed by atoms with Gasteiger partial charge in [-0.15, -0.1) is 0 Å². The van der Waals surface area contributed by atoms with Crippen LogP contribution in [0.25, 0.3) is 22.2 Å². The van der Waals surface area contributed by atoms with E-state index in [4.69, 9.17) is 4.98 Å². The quantitative estimate of drug-likeness (QED) is 0.366. The van der Waals surface area contributed by atoms with Gasteiger partial charge in [0.15, 0.2) is 0 Å². The summed E-state index contributed by atoms with van der Waals surface area (Å²) in [5.74, 6) is 1.01. The summed E-state index contributed by atoms with van der Waals surface area (Å²) in [5.41, 5.74) is 7.47. The van der Waals surface area contributed by atoms with Crippen molar-refractivity contribution in [3.63, 3.8) is 0 Å². The SMILES string of the molecule is C=C/C(C=Nc1ccc(-c2ccc3nc(C(C)(C)C)[nH]c3c2)cc1C)=C\C=C/C. The highest BCUT2D eigenvalue weighted by molar-refractivity contribution is 5.86. The third kappa shape index (κ3) is 4.80. The molecule has 0 aliphatic rings. The molecule has 3 nitrogen and oxygen atoms in total. The van der Waals surface area contributed by atoms with Crippen LogP contribution in [0.5, 0.6) is 0 Å². The van der Waals surface area contributed by atoms with Crippen LogP contribution in [0.1, 0.15) is 39.1 Å². The predicted octanol–water partition coefficient (Wildman–Crippen LogP) is 7.23. The smallest absolute Gasteiger partial charge is 0.112 e. The lowest BCUT2D eigenvalue weighted by Crippen LogP contribution is -2.12. The maximum atomic E-state index is 4.73. The second-order valence-corrected chi connectivity index (χ2v) is 8.22. The number of hydrogen-bond acceptors (Lipinski definition) is 2. The van der Waals surface area contributed by atoms with Gasteiger partial charge in [-0.25, -0.2) is 4.98 Å². The van der Waals surface area contributed by atoms with Crippen molar-refractivity contribution in [2.75, 3.05) is 0 Å². The Kier molecular flexibility index (Phi) is 5.97. The van der Waals surface area contributed by atoms with Crippen LogP contribution in [-0.4, -0.2) is 16.2 Å². The molecule has 148 valence electrons. The van der Waals surface area contributed by atoms with Crippen LogP contribution >= 0.6 is 0 Å². The summed E-state index contributed by atoms with van der Waals surface area (Å²) in [6, 6.07) is 12.7. The minimum atomic E-state index is 0.00107. The Morgan fingerprint density at radius 3 is 2.48 bits per heavy atom. The van der Waals surface area contributed by atoms with E-state index < -0.39 is 0 Å². The Morgan fingerprint density at radius 1 is 1.10 bits per heavy atom. The summed E-state index contributed by atoms with van der Waals surface area (Å²) in [6.07, 6.45) is 9.61. The van der Waals surface area contributed by atoms with E-state index in [-0.39, 0.29) is 5.41 Å². The lowest BCUT2D eigenvalue weighted by atomic mass is 9.96. The highest BCUT2D eigenvalue weighted by atomic mass is 14.9. The fraction of sp³-hybridized carbons (Fsp3) is 0.231. The Bertz CT molecular complexity index is 1120. The maximum Gasteiger partial charge on any atom is 0.112 e. The van der Waals surface area contributed by atoms with E-state index in [0.717, 1.165) is 33.7 Å². The van der Waals surface area contributed by atoms with E-state index in [9.17, 15) is 0 Å². The molecule has 0 bridgehead atoms. The zero-order chi connectivity index (χ0) is 21.0. The zero-order valence-corrected chi connectivity index (χ0v) is 18.0. The van der Waals surface area contributed by atoms with Crippen LogP contribution in [0.15, 0.2) is 77.8 Å². The summed E-state index contributed by atoms with van der Waals surface area (Å²) < 4.78 is 0. The van der Waals surface area contributed by atoms with Crippen molar-refractivity contribution in [2.24, 2.45) is 4.99 Å². The van der Waals surface area contributed by atoms with Crippen LogP contribution in [0.4, 0.5) is 5.69 Å². The molecule has 0 aliphatic heterocycles. The van der Waals surface area contributed by atoms with E-state index in [0.29, 0.717) is 0 Å². The second-order valence-electron chi connectivity index (χ2n) is 8.22. The van der Waals surface area contributed by atoms with Crippen molar-refractivity contribution in [1.29, 1.82) is 0 Å². The molecular formula is C26H29N3. The van der Waals surface area contributed by atoms with Gasteiger partial charge in [0.25, 0.3) is 0 Å². The van der Waals surface area contributed by atoms with Gasteiger partial charge in [-0.05, 0) is 60.4 Å². The molecule has 3 rings (SSSR count). The number of allylic oxidation sites excluding steroid dienone is 5. The number of imidazole rings is 1. The number of nitrogens with zero attached hydrogens (tertiary/aromatic N) is 2. The van der Waals surface area contributed by atoms with Crippen molar-refractivity contribution in [3.8, 4) is 11.1 Å². The first-order valence-electron chi connectivity index (χ1n) is 9.92. The summed E-state index contributed by atoms with van der Waals surface area (Å²) in [4.78, 5) is 12.8. The lowest BCUT2D eigenvalue weighted by molar-refractivity contribution is 0.554. The molecule has 1 aromatic heterocycles. The number of aliphatic imine (C=N–C) groups is 1. The third-order valence-corrected chi connectivity index (χ3v) is 4.79. The molecule has 0 saturated carbocycles. The largest absolute Gasteiger partial charge is 0.342 e. The number of nitrogens with one attached hydrogen (secondary N) is 1.